The number of ether oxygens (including phenoxy) is 1. The Morgan fingerprint density at radius 3 is 2.90 bits per heavy atom. The van der Waals surface area contributed by atoms with Crippen molar-refractivity contribution in [3.05, 3.63) is 52.8 Å². The highest BCUT2D eigenvalue weighted by Crippen LogP contribution is 2.27. The molecule has 0 saturated heterocycles. The molecule has 0 atom stereocenters. The van der Waals surface area contributed by atoms with Gasteiger partial charge in [-0.3, -0.25) is 4.98 Å². The van der Waals surface area contributed by atoms with Crippen molar-refractivity contribution in [1.29, 1.82) is 0 Å². The van der Waals surface area contributed by atoms with Gasteiger partial charge in [0, 0.05) is 24.6 Å². The number of methoxy groups -OCH3 is 1. The van der Waals surface area contributed by atoms with Crippen molar-refractivity contribution >= 4 is 27.6 Å². The standard InChI is InChI=1S/C14H14BrN3O2/c1-20-13-5-4-11(7-12(13)15)18-14(19)17-9-10-3-2-6-16-8-10/h2-8H,9H2,1H3,(H2,17,18,19). The zero-order valence-electron chi connectivity index (χ0n) is 10.9. The van der Waals surface area contributed by atoms with Crippen LogP contribution in [-0.4, -0.2) is 18.1 Å². The number of hydrogen-bond acceptors (Lipinski definition) is 3. The third kappa shape index (κ3) is 3.96. The van der Waals surface area contributed by atoms with Gasteiger partial charge in [0.1, 0.15) is 5.75 Å². The topological polar surface area (TPSA) is 63.2 Å². The smallest absolute Gasteiger partial charge is 0.319 e. The Balaban J connectivity index is 1.90. The second-order valence-corrected chi connectivity index (χ2v) is 4.87. The third-order valence-corrected chi connectivity index (χ3v) is 3.21. The molecule has 0 fully saturated rings. The van der Waals surface area contributed by atoms with Gasteiger partial charge in [0.25, 0.3) is 0 Å². The van der Waals surface area contributed by atoms with Gasteiger partial charge >= 0.3 is 6.03 Å². The van der Waals surface area contributed by atoms with E-state index in [1.54, 1.807) is 37.7 Å². The molecule has 2 aromatic rings. The van der Waals surface area contributed by atoms with E-state index in [2.05, 4.69) is 31.5 Å². The normalized spacial score (nSPS) is 9.90. The van der Waals surface area contributed by atoms with Crippen LogP contribution in [0, 0.1) is 0 Å². The van der Waals surface area contributed by atoms with Crippen LogP contribution < -0.4 is 15.4 Å². The molecular formula is C14H14BrN3O2. The number of nitrogens with one attached hydrogen (secondary N) is 2. The number of rotatable bonds is 4. The minimum Gasteiger partial charge on any atom is -0.496 e. The number of pyridine rings is 1. The first-order chi connectivity index (χ1) is 9.69. The molecule has 1 aromatic carbocycles. The maximum Gasteiger partial charge on any atom is 0.319 e. The summed E-state index contributed by atoms with van der Waals surface area (Å²) < 4.78 is 5.91. The molecule has 5 nitrogen and oxygen atoms in total. The third-order valence-electron chi connectivity index (χ3n) is 2.59. The summed E-state index contributed by atoms with van der Waals surface area (Å²) in [6.45, 7) is 0.428. The van der Waals surface area contributed by atoms with Crippen LogP contribution in [-0.2, 0) is 6.54 Å². The number of aromatic nitrogens is 1. The number of amides is 2. The number of benzene rings is 1. The van der Waals surface area contributed by atoms with E-state index in [1.807, 2.05) is 12.1 Å². The van der Waals surface area contributed by atoms with E-state index >= 15 is 0 Å². The molecule has 1 aromatic heterocycles. The minimum absolute atomic E-state index is 0.272. The first-order valence-corrected chi connectivity index (χ1v) is 6.75. The van der Waals surface area contributed by atoms with Crippen LogP contribution in [0.25, 0.3) is 0 Å². The van der Waals surface area contributed by atoms with Crippen LogP contribution in [0.2, 0.25) is 0 Å². The lowest BCUT2D eigenvalue weighted by Gasteiger charge is -2.09. The maximum absolute atomic E-state index is 11.8. The highest BCUT2D eigenvalue weighted by Gasteiger charge is 2.05. The summed E-state index contributed by atoms with van der Waals surface area (Å²) in [5, 5.41) is 5.51. The summed E-state index contributed by atoms with van der Waals surface area (Å²) in [5.74, 6) is 0.714. The van der Waals surface area contributed by atoms with E-state index < -0.39 is 0 Å². The summed E-state index contributed by atoms with van der Waals surface area (Å²) in [6.07, 6.45) is 3.41. The number of carbonyl (C=O) groups excluding carboxylic acids is 1. The van der Waals surface area contributed by atoms with Crippen molar-refractivity contribution < 1.29 is 9.53 Å². The van der Waals surface area contributed by atoms with Crippen LogP contribution in [0.5, 0.6) is 5.75 Å². The molecule has 0 aliphatic rings. The molecule has 2 N–H and O–H groups in total. The van der Waals surface area contributed by atoms with Crippen molar-refractivity contribution in [2.75, 3.05) is 12.4 Å². The molecule has 0 saturated carbocycles. The summed E-state index contributed by atoms with van der Waals surface area (Å²) in [7, 11) is 1.59. The number of anilines is 1. The first kappa shape index (κ1) is 14.3. The molecule has 0 aliphatic heterocycles. The molecule has 0 spiro atoms. The predicted octanol–water partition coefficient (Wildman–Crippen LogP) is 3.17. The van der Waals surface area contributed by atoms with Gasteiger partial charge in [0.15, 0.2) is 0 Å². The first-order valence-electron chi connectivity index (χ1n) is 5.96. The van der Waals surface area contributed by atoms with E-state index in [-0.39, 0.29) is 6.03 Å². The Labute approximate surface area is 125 Å². The Morgan fingerprint density at radius 2 is 2.25 bits per heavy atom. The fraction of sp³-hybridized carbons (Fsp3) is 0.143. The summed E-state index contributed by atoms with van der Waals surface area (Å²) >= 11 is 3.37. The Hall–Kier alpha value is -2.08. The molecule has 0 radical (unpaired) electrons. The fourth-order valence-corrected chi connectivity index (χ4v) is 2.15. The molecule has 104 valence electrons. The van der Waals surface area contributed by atoms with Gasteiger partial charge in [-0.2, -0.15) is 0 Å². The second kappa shape index (κ2) is 6.91. The maximum atomic E-state index is 11.8. The zero-order chi connectivity index (χ0) is 14.4. The number of hydrogen-bond donors (Lipinski definition) is 2. The molecule has 6 heteroatoms. The Morgan fingerprint density at radius 1 is 1.40 bits per heavy atom. The molecule has 2 amide bonds. The van der Waals surface area contributed by atoms with Crippen molar-refractivity contribution in [3.8, 4) is 5.75 Å². The summed E-state index contributed by atoms with van der Waals surface area (Å²) in [5.41, 5.74) is 1.62. The zero-order valence-corrected chi connectivity index (χ0v) is 12.5. The lowest BCUT2D eigenvalue weighted by atomic mass is 10.3. The highest BCUT2D eigenvalue weighted by molar-refractivity contribution is 9.10. The average molecular weight is 336 g/mol. The van der Waals surface area contributed by atoms with Gasteiger partial charge in [0.05, 0.1) is 11.6 Å². The molecule has 20 heavy (non-hydrogen) atoms. The van der Waals surface area contributed by atoms with Gasteiger partial charge in [-0.1, -0.05) is 6.07 Å². The van der Waals surface area contributed by atoms with E-state index in [4.69, 9.17) is 4.74 Å². The highest BCUT2D eigenvalue weighted by atomic mass is 79.9. The molecule has 0 unspecified atom stereocenters. The average Bonchev–Trinajstić information content (AvgIpc) is 2.46. The van der Waals surface area contributed by atoms with Gasteiger partial charge in [0.2, 0.25) is 0 Å². The molecule has 0 bridgehead atoms. The second-order valence-electron chi connectivity index (χ2n) is 4.02. The van der Waals surface area contributed by atoms with E-state index in [0.717, 1.165) is 10.0 Å². The predicted molar refractivity (Wildman–Crippen MR) is 80.8 cm³/mol. The van der Waals surface area contributed by atoms with Crippen LogP contribution in [0.3, 0.4) is 0 Å². The van der Waals surface area contributed by atoms with Crippen molar-refractivity contribution in [1.82, 2.24) is 10.3 Å². The quantitative estimate of drug-likeness (QED) is 0.901. The van der Waals surface area contributed by atoms with Crippen LogP contribution >= 0.6 is 15.9 Å². The van der Waals surface area contributed by atoms with Gasteiger partial charge < -0.3 is 15.4 Å². The number of urea groups is 1. The lowest BCUT2D eigenvalue weighted by molar-refractivity contribution is 0.251. The van der Waals surface area contributed by atoms with Crippen molar-refractivity contribution in [2.24, 2.45) is 0 Å². The van der Waals surface area contributed by atoms with Crippen molar-refractivity contribution in [3.63, 3.8) is 0 Å². The van der Waals surface area contributed by atoms with E-state index in [9.17, 15) is 4.79 Å². The van der Waals surface area contributed by atoms with Gasteiger partial charge in [-0.05, 0) is 45.8 Å². The van der Waals surface area contributed by atoms with E-state index in [0.29, 0.717) is 18.0 Å². The molecule has 0 aliphatic carbocycles. The monoisotopic (exact) mass is 335 g/mol. The number of carbonyl (C=O) groups is 1. The van der Waals surface area contributed by atoms with Crippen LogP contribution in [0.15, 0.2) is 47.2 Å². The molecular weight excluding hydrogens is 322 g/mol. The SMILES string of the molecule is COc1ccc(NC(=O)NCc2cccnc2)cc1Br. The number of nitrogens with zero attached hydrogens (tertiary/aromatic N) is 1. The summed E-state index contributed by atoms with van der Waals surface area (Å²) in [4.78, 5) is 15.7. The molecule has 1 heterocycles. The summed E-state index contributed by atoms with van der Waals surface area (Å²) in [6, 6.07) is 8.79. The van der Waals surface area contributed by atoms with Crippen LogP contribution in [0.1, 0.15) is 5.56 Å². The lowest BCUT2D eigenvalue weighted by Crippen LogP contribution is -2.28. The van der Waals surface area contributed by atoms with Crippen LogP contribution in [0.4, 0.5) is 10.5 Å². The molecule has 2 rings (SSSR count). The van der Waals surface area contributed by atoms with Gasteiger partial charge in [-0.15, -0.1) is 0 Å². The van der Waals surface area contributed by atoms with Gasteiger partial charge in [-0.25, -0.2) is 4.79 Å². The fourth-order valence-electron chi connectivity index (χ4n) is 1.60. The largest absolute Gasteiger partial charge is 0.496 e. The Bertz CT molecular complexity index is 590. The Kier molecular flexibility index (Phi) is 4.95. The van der Waals surface area contributed by atoms with E-state index in [1.165, 1.54) is 0 Å². The number of halogens is 1. The van der Waals surface area contributed by atoms with Crippen molar-refractivity contribution in [2.45, 2.75) is 6.54 Å². The minimum atomic E-state index is -0.272.